The van der Waals surface area contributed by atoms with Crippen molar-refractivity contribution < 1.29 is 9.59 Å². The molecule has 1 fully saturated rings. The van der Waals surface area contributed by atoms with Gasteiger partial charge in [-0.2, -0.15) is 0 Å². The van der Waals surface area contributed by atoms with Crippen LogP contribution in [-0.2, 0) is 4.79 Å². The van der Waals surface area contributed by atoms with Gasteiger partial charge in [0.25, 0.3) is 5.91 Å². The quantitative estimate of drug-likeness (QED) is 0.884. The van der Waals surface area contributed by atoms with Crippen LogP contribution in [0.5, 0.6) is 0 Å². The number of hydrogen-bond acceptors (Lipinski definition) is 2. The third kappa shape index (κ3) is 4.08. The van der Waals surface area contributed by atoms with Crippen molar-refractivity contribution in [2.75, 3.05) is 0 Å². The summed E-state index contributed by atoms with van der Waals surface area (Å²) in [5.41, 5.74) is 0.574. The van der Waals surface area contributed by atoms with Gasteiger partial charge < -0.3 is 10.6 Å². The molecule has 2 rings (SSSR count). The Morgan fingerprint density at radius 1 is 1.10 bits per heavy atom. The summed E-state index contributed by atoms with van der Waals surface area (Å²) in [4.78, 5) is 24.0. The number of carbonyl (C=O) groups is 2. The van der Waals surface area contributed by atoms with Gasteiger partial charge in [-0.15, -0.1) is 0 Å². The molecule has 0 heterocycles. The maximum absolute atomic E-state index is 12.1. The van der Waals surface area contributed by atoms with Gasteiger partial charge in [0.1, 0.15) is 6.04 Å². The molecule has 20 heavy (non-hydrogen) atoms. The molecular formula is C16H22N2O2. The largest absolute Gasteiger partial charge is 0.352 e. The van der Waals surface area contributed by atoms with Gasteiger partial charge in [0, 0.05) is 11.6 Å². The molecule has 4 nitrogen and oxygen atoms in total. The van der Waals surface area contributed by atoms with Gasteiger partial charge in [0.05, 0.1) is 0 Å². The summed E-state index contributed by atoms with van der Waals surface area (Å²) in [7, 11) is 0. The van der Waals surface area contributed by atoms with E-state index >= 15 is 0 Å². The first-order chi connectivity index (χ1) is 9.66. The highest BCUT2D eigenvalue weighted by molar-refractivity contribution is 5.97. The lowest BCUT2D eigenvalue weighted by molar-refractivity contribution is -0.123. The smallest absolute Gasteiger partial charge is 0.251 e. The summed E-state index contributed by atoms with van der Waals surface area (Å²) in [6.07, 6.45) is 5.70. The predicted octanol–water partition coefficient (Wildman–Crippen LogP) is 2.25. The van der Waals surface area contributed by atoms with E-state index in [0.29, 0.717) is 5.56 Å². The number of benzene rings is 1. The van der Waals surface area contributed by atoms with Crippen molar-refractivity contribution in [2.24, 2.45) is 0 Å². The van der Waals surface area contributed by atoms with E-state index in [1.807, 2.05) is 18.2 Å². The Balaban J connectivity index is 1.83. The third-order valence-electron chi connectivity index (χ3n) is 3.73. The van der Waals surface area contributed by atoms with Crippen LogP contribution >= 0.6 is 0 Å². The fourth-order valence-corrected chi connectivity index (χ4v) is 2.51. The van der Waals surface area contributed by atoms with E-state index in [1.54, 1.807) is 19.1 Å². The third-order valence-corrected chi connectivity index (χ3v) is 3.73. The van der Waals surface area contributed by atoms with Gasteiger partial charge in [-0.05, 0) is 31.9 Å². The van der Waals surface area contributed by atoms with Crippen molar-refractivity contribution in [3.05, 3.63) is 35.9 Å². The normalized spacial score (nSPS) is 17.2. The van der Waals surface area contributed by atoms with Crippen LogP contribution in [-0.4, -0.2) is 23.9 Å². The lowest BCUT2D eigenvalue weighted by Crippen LogP contribution is -2.48. The first-order valence-corrected chi connectivity index (χ1v) is 7.33. The summed E-state index contributed by atoms with van der Waals surface area (Å²) in [6, 6.07) is 8.71. The van der Waals surface area contributed by atoms with Gasteiger partial charge in [0.15, 0.2) is 0 Å². The van der Waals surface area contributed by atoms with Crippen LogP contribution in [0.1, 0.15) is 49.4 Å². The minimum atomic E-state index is -0.510. The number of nitrogens with one attached hydrogen (secondary N) is 2. The molecule has 1 aromatic carbocycles. The Morgan fingerprint density at radius 2 is 1.75 bits per heavy atom. The Labute approximate surface area is 119 Å². The minimum absolute atomic E-state index is 0.0961. The lowest BCUT2D eigenvalue weighted by Gasteiger charge is -2.24. The molecule has 108 valence electrons. The molecule has 2 N–H and O–H groups in total. The highest BCUT2D eigenvalue weighted by Crippen LogP contribution is 2.17. The summed E-state index contributed by atoms with van der Waals surface area (Å²) >= 11 is 0. The number of rotatable bonds is 4. The molecule has 0 radical (unpaired) electrons. The first kappa shape index (κ1) is 14.6. The molecule has 0 unspecified atom stereocenters. The Morgan fingerprint density at radius 3 is 2.40 bits per heavy atom. The molecular weight excluding hydrogens is 252 g/mol. The van der Waals surface area contributed by atoms with Crippen LogP contribution in [0.4, 0.5) is 0 Å². The predicted molar refractivity (Wildman–Crippen MR) is 78.4 cm³/mol. The van der Waals surface area contributed by atoms with Crippen LogP contribution in [0.15, 0.2) is 30.3 Å². The monoisotopic (exact) mass is 274 g/mol. The van der Waals surface area contributed by atoms with Crippen LogP contribution in [0.25, 0.3) is 0 Å². The van der Waals surface area contributed by atoms with Gasteiger partial charge in [0.2, 0.25) is 5.91 Å². The average molecular weight is 274 g/mol. The van der Waals surface area contributed by atoms with E-state index in [9.17, 15) is 9.59 Å². The van der Waals surface area contributed by atoms with E-state index in [4.69, 9.17) is 0 Å². The average Bonchev–Trinajstić information content (AvgIpc) is 2.49. The maximum atomic E-state index is 12.1. The molecule has 4 heteroatoms. The maximum Gasteiger partial charge on any atom is 0.251 e. The second kappa shape index (κ2) is 7.08. The molecule has 0 bridgehead atoms. The molecule has 1 aromatic rings. The molecule has 1 atom stereocenters. The Hall–Kier alpha value is -1.84. The topological polar surface area (TPSA) is 58.2 Å². The van der Waals surface area contributed by atoms with Crippen molar-refractivity contribution >= 4 is 11.8 Å². The number of carbonyl (C=O) groups excluding carboxylic acids is 2. The standard InChI is InChI=1S/C16H22N2O2/c1-12(15(19)18-14-10-6-3-7-11-14)17-16(20)13-8-4-2-5-9-13/h2,4-5,8-9,12,14H,3,6-7,10-11H2,1H3,(H,17,20)(H,18,19)/t12-/m1/s1. The van der Waals surface area contributed by atoms with Crippen molar-refractivity contribution in [1.82, 2.24) is 10.6 Å². The van der Waals surface area contributed by atoms with E-state index in [-0.39, 0.29) is 17.9 Å². The molecule has 0 aliphatic heterocycles. The fraction of sp³-hybridized carbons (Fsp3) is 0.500. The second-order valence-corrected chi connectivity index (χ2v) is 5.40. The van der Waals surface area contributed by atoms with Gasteiger partial charge in [-0.3, -0.25) is 9.59 Å². The van der Waals surface area contributed by atoms with Crippen LogP contribution in [0.2, 0.25) is 0 Å². The highest BCUT2D eigenvalue weighted by atomic mass is 16.2. The molecule has 1 aliphatic rings. The zero-order valence-electron chi connectivity index (χ0n) is 11.9. The zero-order chi connectivity index (χ0) is 14.4. The van der Waals surface area contributed by atoms with Crippen LogP contribution in [0.3, 0.4) is 0 Å². The summed E-state index contributed by atoms with van der Waals surface area (Å²) < 4.78 is 0. The first-order valence-electron chi connectivity index (χ1n) is 7.33. The molecule has 1 saturated carbocycles. The fourth-order valence-electron chi connectivity index (χ4n) is 2.51. The van der Waals surface area contributed by atoms with Crippen LogP contribution < -0.4 is 10.6 Å². The molecule has 0 spiro atoms. The molecule has 2 amide bonds. The van der Waals surface area contributed by atoms with Crippen molar-refractivity contribution in [3.63, 3.8) is 0 Å². The lowest BCUT2D eigenvalue weighted by atomic mass is 9.95. The molecule has 0 aromatic heterocycles. The minimum Gasteiger partial charge on any atom is -0.352 e. The van der Waals surface area contributed by atoms with Crippen LogP contribution in [0, 0.1) is 0 Å². The summed E-state index contributed by atoms with van der Waals surface area (Å²) in [5, 5.41) is 5.76. The molecule has 0 saturated heterocycles. The van der Waals surface area contributed by atoms with Gasteiger partial charge >= 0.3 is 0 Å². The molecule has 1 aliphatic carbocycles. The zero-order valence-corrected chi connectivity index (χ0v) is 11.9. The van der Waals surface area contributed by atoms with E-state index in [2.05, 4.69) is 10.6 Å². The SMILES string of the molecule is C[C@@H](NC(=O)c1ccccc1)C(=O)NC1CCCCC1. The Bertz CT molecular complexity index is 453. The van der Waals surface area contributed by atoms with Crippen molar-refractivity contribution in [1.29, 1.82) is 0 Å². The summed E-state index contributed by atoms with van der Waals surface area (Å²) in [6.45, 7) is 1.72. The van der Waals surface area contributed by atoms with Gasteiger partial charge in [-0.25, -0.2) is 0 Å². The van der Waals surface area contributed by atoms with Crippen molar-refractivity contribution in [3.8, 4) is 0 Å². The van der Waals surface area contributed by atoms with Gasteiger partial charge in [-0.1, -0.05) is 37.5 Å². The van der Waals surface area contributed by atoms with E-state index < -0.39 is 6.04 Å². The van der Waals surface area contributed by atoms with E-state index in [0.717, 1.165) is 12.8 Å². The second-order valence-electron chi connectivity index (χ2n) is 5.40. The summed E-state index contributed by atoms with van der Waals surface area (Å²) in [5.74, 6) is -0.307. The van der Waals surface area contributed by atoms with E-state index in [1.165, 1.54) is 19.3 Å². The van der Waals surface area contributed by atoms with Crippen molar-refractivity contribution in [2.45, 2.75) is 51.1 Å². The number of amides is 2. The highest BCUT2D eigenvalue weighted by Gasteiger charge is 2.21. The number of hydrogen-bond donors (Lipinski definition) is 2. The Kier molecular flexibility index (Phi) is 5.16.